The predicted octanol–water partition coefficient (Wildman–Crippen LogP) is 4.72. The summed E-state index contributed by atoms with van der Waals surface area (Å²) in [5, 5.41) is 14.5. The average Bonchev–Trinajstić information content (AvgIpc) is 2.69. The minimum absolute atomic E-state index is 0.140. The van der Waals surface area contributed by atoms with E-state index in [9.17, 15) is 14.9 Å². The van der Waals surface area contributed by atoms with Crippen LogP contribution in [0.25, 0.3) is 0 Å². The van der Waals surface area contributed by atoms with Gasteiger partial charge in [0.15, 0.2) is 0 Å². The van der Waals surface area contributed by atoms with Gasteiger partial charge in [-0.05, 0) is 42.5 Å². The Labute approximate surface area is 164 Å². The van der Waals surface area contributed by atoms with Gasteiger partial charge in [0.2, 0.25) is 0 Å². The lowest BCUT2D eigenvalue weighted by molar-refractivity contribution is -0.384. The van der Waals surface area contributed by atoms with Crippen molar-refractivity contribution in [2.24, 2.45) is 0 Å². The number of amides is 1. The number of aromatic nitrogens is 1. The summed E-state index contributed by atoms with van der Waals surface area (Å²) in [4.78, 5) is 28.9. The SMILES string of the molecule is O=C(NCc1ccccn1)c1cc([N+](=O)[O-])ccc1Sc1ccc(Cl)cc1. The van der Waals surface area contributed by atoms with Gasteiger partial charge >= 0.3 is 0 Å². The van der Waals surface area contributed by atoms with E-state index in [1.54, 1.807) is 36.5 Å². The Bertz CT molecular complexity index is 966. The van der Waals surface area contributed by atoms with Gasteiger partial charge < -0.3 is 5.32 Å². The van der Waals surface area contributed by atoms with E-state index in [1.165, 1.54) is 23.9 Å². The molecule has 0 aliphatic rings. The van der Waals surface area contributed by atoms with Crippen LogP contribution in [0.1, 0.15) is 16.1 Å². The first-order valence-electron chi connectivity index (χ1n) is 7.93. The Morgan fingerprint density at radius 1 is 1.15 bits per heavy atom. The maximum Gasteiger partial charge on any atom is 0.270 e. The summed E-state index contributed by atoms with van der Waals surface area (Å²) in [5.41, 5.74) is 0.793. The number of nitro groups is 1. The van der Waals surface area contributed by atoms with Crippen molar-refractivity contribution in [2.75, 3.05) is 0 Å². The molecule has 0 saturated heterocycles. The molecule has 0 fully saturated rings. The van der Waals surface area contributed by atoms with Crippen LogP contribution in [0.5, 0.6) is 0 Å². The summed E-state index contributed by atoms with van der Waals surface area (Å²) in [6, 6.07) is 16.8. The minimum atomic E-state index is -0.522. The monoisotopic (exact) mass is 399 g/mol. The molecule has 2 aromatic carbocycles. The molecule has 27 heavy (non-hydrogen) atoms. The number of nitrogens with zero attached hydrogens (tertiary/aromatic N) is 2. The Morgan fingerprint density at radius 3 is 2.59 bits per heavy atom. The number of hydrogen-bond acceptors (Lipinski definition) is 5. The highest BCUT2D eigenvalue weighted by Gasteiger charge is 2.17. The van der Waals surface area contributed by atoms with Gasteiger partial charge in [-0.15, -0.1) is 0 Å². The molecule has 1 amide bonds. The first-order chi connectivity index (χ1) is 13.0. The van der Waals surface area contributed by atoms with Crippen LogP contribution in [-0.4, -0.2) is 15.8 Å². The van der Waals surface area contributed by atoms with Crippen LogP contribution in [0.4, 0.5) is 5.69 Å². The third kappa shape index (κ3) is 5.06. The highest BCUT2D eigenvalue weighted by atomic mass is 35.5. The van der Waals surface area contributed by atoms with Crippen molar-refractivity contribution < 1.29 is 9.72 Å². The summed E-state index contributed by atoms with van der Waals surface area (Å²) >= 11 is 7.23. The summed E-state index contributed by atoms with van der Waals surface area (Å²) in [5.74, 6) is -0.402. The van der Waals surface area contributed by atoms with Crippen LogP contribution in [0.2, 0.25) is 5.02 Å². The Hall–Kier alpha value is -2.90. The minimum Gasteiger partial charge on any atom is -0.346 e. The fourth-order valence-corrected chi connectivity index (χ4v) is 3.35. The lowest BCUT2D eigenvalue weighted by Crippen LogP contribution is -2.24. The normalized spacial score (nSPS) is 10.4. The maximum absolute atomic E-state index is 12.7. The molecule has 1 heterocycles. The summed E-state index contributed by atoms with van der Waals surface area (Å²) in [6.45, 7) is 0.230. The summed E-state index contributed by atoms with van der Waals surface area (Å²) in [6.07, 6.45) is 1.64. The molecule has 0 spiro atoms. The molecular formula is C19H14ClN3O3S. The first kappa shape index (κ1) is 18.9. The standard InChI is InChI=1S/C19H14ClN3O3S/c20-13-4-7-16(8-5-13)27-18-9-6-15(23(25)26)11-17(18)19(24)22-12-14-3-1-2-10-21-14/h1-11H,12H2,(H,22,24). The molecule has 0 unspecified atom stereocenters. The Morgan fingerprint density at radius 2 is 1.93 bits per heavy atom. The highest BCUT2D eigenvalue weighted by Crippen LogP contribution is 2.33. The molecule has 0 aliphatic carbocycles. The van der Waals surface area contributed by atoms with E-state index in [0.717, 1.165) is 4.90 Å². The van der Waals surface area contributed by atoms with Crippen molar-refractivity contribution in [3.05, 3.63) is 93.3 Å². The van der Waals surface area contributed by atoms with Crippen molar-refractivity contribution in [3.63, 3.8) is 0 Å². The molecule has 0 radical (unpaired) electrons. The second-order valence-electron chi connectivity index (χ2n) is 5.50. The van der Waals surface area contributed by atoms with Crippen LogP contribution >= 0.6 is 23.4 Å². The number of non-ortho nitro benzene ring substituents is 1. The number of pyridine rings is 1. The predicted molar refractivity (Wildman–Crippen MR) is 104 cm³/mol. The van der Waals surface area contributed by atoms with Gasteiger partial charge in [0.05, 0.1) is 22.7 Å². The number of benzene rings is 2. The molecule has 1 aromatic heterocycles. The van der Waals surface area contributed by atoms with E-state index in [4.69, 9.17) is 11.6 Å². The molecule has 0 aliphatic heterocycles. The second-order valence-corrected chi connectivity index (χ2v) is 7.05. The zero-order valence-corrected chi connectivity index (χ0v) is 15.5. The number of nitrogens with one attached hydrogen (secondary N) is 1. The van der Waals surface area contributed by atoms with Crippen LogP contribution in [0, 0.1) is 10.1 Å². The Balaban J connectivity index is 1.85. The maximum atomic E-state index is 12.7. The first-order valence-corrected chi connectivity index (χ1v) is 9.12. The highest BCUT2D eigenvalue weighted by molar-refractivity contribution is 7.99. The van der Waals surface area contributed by atoms with Gasteiger partial charge in [-0.1, -0.05) is 29.4 Å². The van der Waals surface area contributed by atoms with E-state index >= 15 is 0 Å². The Kier molecular flexibility index (Phi) is 6.05. The molecule has 1 N–H and O–H groups in total. The largest absolute Gasteiger partial charge is 0.346 e. The van der Waals surface area contributed by atoms with Gasteiger partial charge in [0.1, 0.15) is 0 Å². The van der Waals surface area contributed by atoms with E-state index < -0.39 is 10.8 Å². The van der Waals surface area contributed by atoms with Crippen LogP contribution in [0.3, 0.4) is 0 Å². The second kappa shape index (κ2) is 8.66. The van der Waals surface area contributed by atoms with Crippen molar-refractivity contribution in [2.45, 2.75) is 16.3 Å². The number of rotatable bonds is 6. The van der Waals surface area contributed by atoms with Crippen LogP contribution in [0.15, 0.2) is 76.7 Å². The van der Waals surface area contributed by atoms with Gasteiger partial charge in [0, 0.05) is 33.1 Å². The lowest BCUT2D eigenvalue weighted by Gasteiger charge is -2.10. The van der Waals surface area contributed by atoms with Gasteiger partial charge in [-0.2, -0.15) is 0 Å². The number of carbonyl (C=O) groups is 1. The van der Waals surface area contributed by atoms with Crippen molar-refractivity contribution in [3.8, 4) is 0 Å². The third-order valence-corrected chi connectivity index (χ3v) is 4.95. The zero-order chi connectivity index (χ0) is 19.2. The van der Waals surface area contributed by atoms with Gasteiger partial charge in [-0.25, -0.2) is 0 Å². The number of carbonyl (C=O) groups excluding carboxylic acids is 1. The third-order valence-electron chi connectivity index (χ3n) is 3.62. The molecule has 6 nitrogen and oxygen atoms in total. The lowest BCUT2D eigenvalue weighted by atomic mass is 10.2. The summed E-state index contributed by atoms with van der Waals surface area (Å²) < 4.78 is 0. The number of halogens is 1. The average molecular weight is 400 g/mol. The van der Waals surface area contributed by atoms with Gasteiger partial charge in [-0.3, -0.25) is 19.9 Å². The molecular weight excluding hydrogens is 386 g/mol. The molecule has 0 bridgehead atoms. The van der Waals surface area contributed by atoms with Crippen molar-refractivity contribution in [1.29, 1.82) is 0 Å². The topological polar surface area (TPSA) is 85.1 Å². The molecule has 3 aromatic rings. The zero-order valence-electron chi connectivity index (χ0n) is 14.0. The van der Waals surface area contributed by atoms with E-state index in [1.807, 2.05) is 18.2 Å². The van der Waals surface area contributed by atoms with Crippen molar-refractivity contribution >= 4 is 35.0 Å². The quantitative estimate of drug-likeness (QED) is 0.478. The molecule has 136 valence electrons. The molecule has 0 atom stereocenters. The fourth-order valence-electron chi connectivity index (χ4n) is 2.30. The van der Waals surface area contributed by atoms with E-state index in [-0.39, 0.29) is 17.8 Å². The molecule has 3 rings (SSSR count). The smallest absolute Gasteiger partial charge is 0.270 e. The van der Waals surface area contributed by atoms with Gasteiger partial charge in [0.25, 0.3) is 11.6 Å². The molecule has 8 heteroatoms. The number of nitro benzene ring substituents is 1. The van der Waals surface area contributed by atoms with Crippen LogP contribution in [-0.2, 0) is 6.54 Å². The summed E-state index contributed by atoms with van der Waals surface area (Å²) in [7, 11) is 0. The van der Waals surface area contributed by atoms with Crippen LogP contribution < -0.4 is 5.32 Å². The fraction of sp³-hybridized carbons (Fsp3) is 0.0526. The molecule has 0 saturated carbocycles. The van der Waals surface area contributed by atoms with E-state index in [2.05, 4.69) is 10.3 Å². The van der Waals surface area contributed by atoms with E-state index in [0.29, 0.717) is 15.6 Å². The van der Waals surface area contributed by atoms with Crippen molar-refractivity contribution in [1.82, 2.24) is 10.3 Å². The number of hydrogen-bond donors (Lipinski definition) is 1.